The number of ether oxygens (including phenoxy) is 1. The molecule has 0 bridgehead atoms. The molecule has 1 aromatic rings. The van der Waals surface area contributed by atoms with Crippen LogP contribution in [0, 0.1) is 13.8 Å². The SMILES string of the molecule is COCC(O)CNCc1c(C)nn(C)c1C. The molecule has 0 radical (unpaired) electrons. The third kappa shape index (κ3) is 3.30. The van der Waals surface area contributed by atoms with Gasteiger partial charge >= 0.3 is 0 Å². The Labute approximate surface area is 96.4 Å². The van der Waals surface area contributed by atoms with E-state index in [1.165, 1.54) is 5.56 Å². The molecule has 5 heteroatoms. The Hall–Kier alpha value is -0.910. The minimum absolute atomic E-state index is 0.359. The number of aromatic nitrogens is 2. The molecule has 92 valence electrons. The van der Waals surface area contributed by atoms with Crippen molar-refractivity contribution in [3.05, 3.63) is 17.0 Å². The Kier molecular flexibility index (Phi) is 4.92. The van der Waals surface area contributed by atoms with Crippen LogP contribution >= 0.6 is 0 Å². The maximum absolute atomic E-state index is 9.46. The summed E-state index contributed by atoms with van der Waals surface area (Å²) >= 11 is 0. The molecule has 0 saturated carbocycles. The molecule has 2 N–H and O–H groups in total. The monoisotopic (exact) mass is 227 g/mol. The lowest BCUT2D eigenvalue weighted by Crippen LogP contribution is -2.29. The molecule has 0 amide bonds. The summed E-state index contributed by atoms with van der Waals surface area (Å²) in [4.78, 5) is 0. The van der Waals surface area contributed by atoms with Gasteiger partial charge in [0.1, 0.15) is 0 Å². The quantitative estimate of drug-likeness (QED) is 0.725. The fraction of sp³-hybridized carbons (Fsp3) is 0.727. The van der Waals surface area contributed by atoms with E-state index in [1.807, 2.05) is 25.6 Å². The smallest absolute Gasteiger partial charge is 0.0897 e. The van der Waals surface area contributed by atoms with E-state index in [4.69, 9.17) is 4.74 Å². The van der Waals surface area contributed by atoms with Crippen molar-refractivity contribution in [1.29, 1.82) is 0 Å². The molecule has 1 rings (SSSR count). The maximum atomic E-state index is 9.46. The van der Waals surface area contributed by atoms with Gasteiger partial charge in [-0.05, 0) is 13.8 Å². The minimum Gasteiger partial charge on any atom is -0.389 e. The maximum Gasteiger partial charge on any atom is 0.0897 e. The van der Waals surface area contributed by atoms with E-state index in [-0.39, 0.29) is 0 Å². The number of aliphatic hydroxyl groups excluding tert-OH is 1. The highest BCUT2D eigenvalue weighted by Crippen LogP contribution is 2.10. The van der Waals surface area contributed by atoms with Crippen molar-refractivity contribution >= 4 is 0 Å². The van der Waals surface area contributed by atoms with E-state index in [0.29, 0.717) is 13.2 Å². The van der Waals surface area contributed by atoms with Gasteiger partial charge in [0.05, 0.1) is 18.4 Å². The summed E-state index contributed by atoms with van der Waals surface area (Å²) in [6.07, 6.45) is -0.456. The lowest BCUT2D eigenvalue weighted by molar-refractivity contribution is 0.0644. The molecule has 0 aliphatic heterocycles. The van der Waals surface area contributed by atoms with Crippen LogP contribution < -0.4 is 5.32 Å². The summed E-state index contributed by atoms with van der Waals surface area (Å²) < 4.78 is 6.72. The van der Waals surface area contributed by atoms with Crippen LogP contribution in [0.4, 0.5) is 0 Å². The average Bonchev–Trinajstić information content (AvgIpc) is 2.45. The van der Waals surface area contributed by atoms with Crippen molar-refractivity contribution in [3.8, 4) is 0 Å². The topological polar surface area (TPSA) is 59.3 Å². The van der Waals surface area contributed by atoms with Gasteiger partial charge in [-0.2, -0.15) is 5.10 Å². The zero-order valence-electron chi connectivity index (χ0n) is 10.4. The molecule has 0 aliphatic carbocycles. The number of rotatable bonds is 6. The second-order valence-corrected chi connectivity index (χ2v) is 4.01. The number of aryl methyl sites for hydroxylation is 2. The highest BCUT2D eigenvalue weighted by molar-refractivity contribution is 5.23. The van der Waals surface area contributed by atoms with Crippen LogP contribution in [0.5, 0.6) is 0 Å². The van der Waals surface area contributed by atoms with Gasteiger partial charge in [-0.3, -0.25) is 4.68 Å². The van der Waals surface area contributed by atoms with Crippen molar-refractivity contribution in [2.24, 2.45) is 7.05 Å². The molecule has 1 atom stereocenters. The zero-order chi connectivity index (χ0) is 12.1. The first-order valence-electron chi connectivity index (χ1n) is 5.43. The van der Waals surface area contributed by atoms with Crippen LogP contribution in [0.2, 0.25) is 0 Å². The molecule has 5 nitrogen and oxygen atoms in total. The van der Waals surface area contributed by atoms with E-state index in [1.54, 1.807) is 7.11 Å². The van der Waals surface area contributed by atoms with Crippen molar-refractivity contribution < 1.29 is 9.84 Å². The molecular formula is C11H21N3O2. The van der Waals surface area contributed by atoms with Crippen molar-refractivity contribution in [2.75, 3.05) is 20.3 Å². The van der Waals surface area contributed by atoms with Gasteiger partial charge in [0.15, 0.2) is 0 Å². The average molecular weight is 227 g/mol. The number of methoxy groups -OCH3 is 1. The van der Waals surface area contributed by atoms with E-state index in [9.17, 15) is 5.11 Å². The summed E-state index contributed by atoms with van der Waals surface area (Å²) in [6.45, 7) is 5.66. The molecule has 0 saturated heterocycles. The highest BCUT2D eigenvalue weighted by atomic mass is 16.5. The van der Waals surface area contributed by atoms with Crippen LogP contribution in [0.25, 0.3) is 0 Å². The lowest BCUT2D eigenvalue weighted by atomic mass is 10.2. The number of nitrogens with one attached hydrogen (secondary N) is 1. The van der Waals surface area contributed by atoms with Crippen LogP contribution in [0.15, 0.2) is 0 Å². The number of hydrogen-bond donors (Lipinski definition) is 2. The van der Waals surface area contributed by atoms with E-state index < -0.39 is 6.10 Å². The van der Waals surface area contributed by atoms with Gasteiger partial charge in [0.2, 0.25) is 0 Å². The summed E-state index contributed by atoms with van der Waals surface area (Å²) in [6, 6.07) is 0. The fourth-order valence-corrected chi connectivity index (χ4v) is 1.69. The number of hydrogen-bond acceptors (Lipinski definition) is 4. The van der Waals surface area contributed by atoms with Crippen LogP contribution in [-0.2, 0) is 18.3 Å². The standard InChI is InChI=1S/C11H21N3O2/c1-8-11(9(2)14(3)13-8)6-12-5-10(15)7-16-4/h10,12,15H,5-7H2,1-4H3. The Bertz CT molecular complexity index is 336. The molecule has 0 aliphatic rings. The zero-order valence-corrected chi connectivity index (χ0v) is 10.4. The van der Waals surface area contributed by atoms with Crippen molar-refractivity contribution in [2.45, 2.75) is 26.5 Å². The Morgan fingerprint density at radius 3 is 2.69 bits per heavy atom. The predicted octanol–water partition coefficient (Wildman–Crippen LogP) is 0.134. The van der Waals surface area contributed by atoms with Gasteiger partial charge in [-0.25, -0.2) is 0 Å². The van der Waals surface area contributed by atoms with Crippen LogP contribution in [0.3, 0.4) is 0 Å². The normalized spacial score (nSPS) is 13.1. The second-order valence-electron chi connectivity index (χ2n) is 4.01. The van der Waals surface area contributed by atoms with E-state index in [0.717, 1.165) is 17.9 Å². The van der Waals surface area contributed by atoms with Crippen molar-refractivity contribution in [3.63, 3.8) is 0 Å². The Balaban J connectivity index is 2.43. The molecule has 0 spiro atoms. The summed E-state index contributed by atoms with van der Waals surface area (Å²) in [5, 5.41) is 17.0. The van der Waals surface area contributed by atoms with Crippen molar-refractivity contribution in [1.82, 2.24) is 15.1 Å². The molecule has 1 unspecified atom stereocenters. The van der Waals surface area contributed by atoms with Gasteiger partial charge in [-0.1, -0.05) is 0 Å². The van der Waals surface area contributed by atoms with Gasteiger partial charge < -0.3 is 15.2 Å². The van der Waals surface area contributed by atoms with E-state index in [2.05, 4.69) is 10.4 Å². The number of nitrogens with zero attached hydrogens (tertiary/aromatic N) is 2. The highest BCUT2D eigenvalue weighted by Gasteiger charge is 2.09. The summed E-state index contributed by atoms with van der Waals surface area (Å²) in [5.74, 6) is 0. The van der Waals surface area contributed by atoms with Gasteiger partial charge in [-0.15, -0.1) is 0 Å². The largest absolute Gasteiger partial charge is 0.389 e. The molecule has 1 aromatic heterocycles. The first kappa shape index (κ1) is 13.2. The molecule has 1 heterocycles. The lowest BCUT2D eigenvalue weighted by Gasteiger charge is -2.10. The first-order valence-corrected chi connectivity index (χ1v) is 5.43. The third-order valence-corrected chi connectivity index (χ3v) is 2.70. The molecule has 0 aromatic carbocycles. The minimum atomic E-state index is -0.456. The summed E-state index contributed by atoms with van der Waals surface area (Å²) in [5.41, 5.74) is 3.40. The molecule has 16 heavy (non-hydrogen) atoms. The van der Waals surface area contributed by atoms with Gasteiger partial charge in [0, 0.05) is 38.5 Å². The second kappa shape index (κ2) is 5.98. The summed E-state index contributed by atoms with van der Waals surface area (Å²) in [7, 11) is 3.52. The third-order valence-electron chi connectivity index (χ3n) is 2.70. The molecular weight excluding hydrogens is 206 g/mol. The fourth-order valence-electron chi connectivity index (χ4n) is 1.69. The molecule has 0 fully saturated rings. The van der Waals surface area contributed by atoms with E-state index >= 15 is 0 Å². The Morgan fingerprint density at radius 1 is 1.50 bits per heavy atom. The first-order chi connectivity index (χ1) is 7.56. The number of aliphatic hydroxyl groups is 1. The van der Waals surface area contributed by atoms with Crippen LogP contribution in [0.1, 0.15) is 17.0 Å². The van der Waals surface area contributed by atoms with Crippen LogP contribution in [-0.4, -0.2) is 41.3 Å². The Morgan fingerprint density at radius 2 is 2.19 bits per heavy atom. The van der Waals surface area contributed by atoms with Gasteiger partial charge in [0.25, 0.3) is 0 Å². The predicted molar refractivity (Wildman–Crippen MR) is 62.3 cm³/mol.